The zero-order chi connectivity index (χ0) is 22.0. The van der Waals surface area contributed by atoms with Gasteiger partial charge in [0.1, 0.15) is 5.82 Å². The monoisotopic (exact) mass is 444 g/mol. The molecule has 0 saturated carbocycles. The van der Waals surface area contributed by atoms with Crippen LogP contribution in [0.25, 0.3) is 11.4 Å². The third-order valence-electron chi connectivity index (χ3n) is 5.43. The number of hydrogen-bond donors (Lipinski definition) is 0. The van der Waals surface area contributed by atoms with Gasteiger partial charge in [-0.25, -0.2) is 12.8 Å². The fourth-order valence-corrected chi connectivity index (χ4v) is 5.00. The van der Waals surface area contributed by atoms with E-state index in [4.69, 9.17) is 4.52 Å². The normalized spacial score (nSPS) is 16.1. The molecule has 164 valence electrons. The van der Waals surface area contributed by atoms with E-state index in [0.717, 1.165) is 11.6 Å². The minimum absolute atomic E-state index is 0.0222. The summed E-state index contributed by atoms with van der Waals surface area (Å²) in [5, 5.41) is 4.07. The number of nitrogens with zero attached hydrogens (tertiary/aromatic N) is 4. The highest BCUT2D eigenvalue weighted by Crippen LogP contribution is 2.22. The molecule has 0 bridgehead atoms. The Morgan fingerprint density at radius 1 is 1.06 bits per heavy atom. The van der Waals surface area contributed by atoms with E-state index in [-0.39, 0.29) is 4.90 Å². The van der Waals surface area contributed by atoms with Gasteiger partial charge >= 0.3 is 0 Å². The lowest BCUT2D eigenvalue weighted by Gasteiger charge is -2.33. The van der Waals surface area contributed by atoms with Crippen LogP contribution in [0.1, 0.15) is 31.2 Å². The van der Waals surface area contributed by atoms with Crippen molar-refractivity contribution in [1.82, 2.24) is 19.3 Å². The molecule has 9 heteroatoms. The minimum atomic E-state index is -3.71. The number of piperazine rings is 1. The first kappa shape index (κ1) is 21.6. The molecule has 0 aliphatic carbocycles. The van der Waals surface area contributed by atoms with Gasteiger partial charge < -0.3 is 4.52 Å². The molecule has 1 fully saturated rings. The zero-order valence-corrected chi connectivity index (χ0v) is 18.3. The van der Waals surface area contributed by atoms with Crippen molar-refractivity contribution < 1.29 is 17.3 Å². The van der Waals surface area contributed by atoms with Gasteiger partial charge in [-0.05, 0) is 29.7 Å². The van der Waals surface area contributed by atoms with Gasteiger partial charge in [0.25, 0.3) is 0 Å². The predicted molar refractivity (Wildman–Crippen MR) is 114 cm³/mol. The molecule has 7 nitrogen and oxygen atoms in total. The van der Waals surface area contributed by atoms with Crippen molar-refractivity contribution >= 4 is 10.0 Å². The molecule has 0 spiro atoms. The van der Waals surface area contributed by atoms with E-state index < -0.39 is 15.8 Å². The molecule has 1 saturated heterocycles. The molecule has 0 amide bonds. The highest BCUT2D eigenvalue weighted by Gasteiger charge is 2.29. The quantitative estimate of drug-likeness (QED) is 0.579. The summed E-state index contributed by atoms with van der Waals surface area (Å²) < 4.78 is 45.7. The molecule has 1 aliphatic rings. The molecule has 3 aromatic rings. The van der Waals surface area contributed by atoms with Crippen LogP contribution in [0.3, 0.4) is 0 Å². The summed E-state index contributed by atoms with van der Waals surface area (Å²) in [6, 6.07) is 13.2. The van der Waals surface area contributed by atoms with Crippen molar-refractivity contribution in [2.24, 2.45) is 0 Å². The van der Waals surface area contributed by atoms with Gasteiger partial charge in [0.05, 0.1) is 11.4 Å². The van der Waals surface area contributed by atoms with Crippen LogP contribution in [-0.2, 0) is 16.6 Å². The number of aromatic nitrogens is 2. The van der Waals surface area contributed by atoms with Gasteiger partial charge in [0, 0.05) is 31.7 Å². The maximum Gasteiger partial charge on any atom is 0.243 e. The molecular formula is C22H25FN4O3S. The van der Waals surface area contributed by atoms with Crippen LogP contribution in [0.2, 0.25) is 0 Å². The fourth-order valence-electron chi connectivity index (χ4n) is 3.55. The van der Waals surface area contributed by atoms with E-state index in [1.165, 1.54) is 28.1 Å². The van der Waals surface area contributed by atoms with E-state index in [2.05, 4.69) is 41.0 Å². The lowest BCUT2D eigenvalue weighted by Crippen LogP contribution is -2.48. The highest BCUT2D eigenvalue weighted by molar-refractivity contribution is 7.89. The van der Waals surface area contributed by atoms with Crippen LogP contribution >= 0.6 is 0 Å². The third-order valence-corrected chi connectivity index (χ3v) is 7.32. The number of rotatable bonds is 6. The Labute approximate surface area is 181 Å². The van der Waals surface area contributed by atoms with Gasteiger partial charge in [-0.15, -0.1) is 0 Å². The Hall–Kier alpha value is -2.62. The second-order valence-corrected chi connectivity index (χ2v) is 9.86. The van der Waals surface area contributed by atoms with Gasteiger partial charge in [0.2, 0.25) is 21.7 Å². The van der Waals surface area contributed by atoms with Crippen LogP contribution in [0, 0.1) is 5.82 Å². The number of halogens is 1. The molecule has 1 aromatic heterocycles. The molecule has 4 rings (SSSR count). The maximum atomic E-state index is 13.4. The first-order valence-corrected chi connectivity index (χ1v) is 11.7. The van der Waals surface area contributed by atoms with Crippen molar-refractivity contribution in [2.45, 2.75) is 31.2 Å². The summed E-state index contributed by atoms with van der Waals surface area (Å²) in [5.74, 6) is 0.922. The second kappa shape index (κ2) is 8.86. The van der Waals surface area contributed by atoms with E-state index >= 15 is 0 Å². The lowest BCUT2D eigenvalue weighted by molar-refractivity contribution is 0.163. The smallest absolute Gasteiger partial charge is 0.243 e. The van der Waals surface area contributed by atoms with Crippen LogP contribution in [0.5, 0.6) is 0 Å². The Bertz CT molecular complexity index is 1140. The minimum Gasteiger partial charge on any atom is -0.338 e. The van der Waals surface area contributed by atoms with Crippen LogP contribution in [0.15, 0.2) is 57.9 Å². The Morgan fingerprint density at radius 2 is 1.77 bits per heavy atom. The predicted octanol–water partition coefficient (Wildman–Crippen LogP) is 3.51. The van der Waals surface area contributed by atoms with E-state index in [1.54, 1.807) is 0 Å². The van der Waals surface area contributed by atoms with E-state index in [9.17, 15) is 12.8 Å². The van der Waals surface area contributed by atoms with Crippen LogP contribution in [0.4, 0.5) is 4.39 Å². The van der Waals surface area contributed by atoms with Crippen molar-refractivity contribution in [3.05, 3.63) is 65.8 Å². The van der Waals surface area contributed by atoms with Gasteiger partial charge in [0.15, 0.2) is 0 Å². The average molecular weight is 445 g/mol. The first-order chi connectivity index (χ1) is 14.8. The van der Waals surface area contributed by atoms with E-state index in [1.807, 2.05) is 12.1 Å². The Morgan fingerprint density at radius 3 is 2.42 bits per heavy atom. The molecule has 1 aliphatic heterocycles. The highest BCUT2D eigenvalue weighted by atomic mass is 32.2. The molecule has 0 N–H and O–H groups in total. The molecule has 2 heterocycles. The summed E-state index contributed by atoms with van der Waals surface area (Å²) in [6.07, 6.45) is 0. The molecule has 31 heavy (non-hydrogen) atoms. The second-order valence-electron chi connectivity index (χ2n) is 7.93. The summed E-state index contributed by atoms with van der Waals surface area (Å²) in [5.41, 5.74) is 2.14. The van der Waals surface area contributed by atoms with E-state index in [0.29, 0.717) is 50.4 Å². The molecular weight excluding hydrogens is 419 g/mol. The van der Waals surface area contributed by atoms with Crippen molar-refractivity contribution in [1.29, 1.82) is 0 Å². The number of hydrogen-bond acceptors (Lipinski definition) is 6. The van der Waals surface area contributed by atoms with Crippen molar-refractivity contribution in [2.75, 3.05) is 26.2 Å². The summed E-state index contributed by atoms with van der Waals surface area (Å²) in [6.45, 7) is 6.41. The summed E-state index contributed by atoms with van der Waals surface area (Å²) >= 11 is 0. The van der Waals surface area contributed by atoms with Crippen molar-refractivity contribution in [3.63, 3.8) is 0 Å². The maximum absolute atomic E-state index is 13.4. The van der Waals surface area contributed by atoms with Gasteiger partial charge in [-0.2, -0.15) is 9.29 Å². The largest absolute Gasteiger partial charge is 0.338 e. The molecule has 0 unspecified atom stereocenters. The first-order valence-electron chi connectivity index (χ1n) is 10.2. The standard InChI is InChI=1S/C22H25FN4O3S/c1-16(2)17-6-8-18(9-7-17)22-24-21(30-25-22)15-26-10-12-27(13-11-26)31(28,29)20-5-3-4-19(23)14-20/h3-9,14,16H,10-13,15H2,1-2H3. The Kier molecular flexibility index (Phi) is 6.17. The van der Waals surface area contributed by atoms with Crippen molar-refractivity contribution in [3.8, 4) is 11.4 Å². The average Bonchev–Trinajstić information content (AvgIpc) is 3.22. The topological polar surface area (TPSA) is 79.5 Å². The molecule has 0 radical (unpaired) electrons. The zero-order valence-electron chi connectivity index (χ0n) is 17.5. The number of sulfonamides is 1. The summed E-state index contributed by atoms with van der Waals surface area (Å²) in [7, 11) is -3.71. The third kappa shape index (κ3) is 4.84. The van der Waals surface area contributed by atoms with Crippen LogP contribution < -0.4 is 0 Å². The van der Waals surface area contributed by atoms with Gasteiger partial charge in [-0.3, -0.25) is 4.90 Å². The SMILES string of the molecule is CC(C)c1ccc(-c2noc(CN3CCN(S(=O)(=O)c4cccc(F)c4)CC3)n2)cc1. The van der Waals surface area contributed by atoms with Gasteiger partial charge in [-0.1, -0.05) is 49.3 Å². The Balaban J connectivity index is 1.36. The van der Waals surface area contributed by atoms with Crippen LogP contribution in [-0.4, -0.2) is 53.9 Å². The molecule has 0 atom stereocenters. The molecule has 2 aromatic carbocycles. The lowest BCUT2D eigenvalue weighted by atomic mass is 10.0. The number of benzene rings is 2. The summed E-state index contributed by atoms with van der Waals surface area (Å²) in [4.78, 5) is 6.53. The fraction of sp³-hybridized carbons (Fsp3) is 0.364.